The van der Waals surface area contributed by atoms with Crippen LogP contribution in [0.4, 0.5) is 0 Å². The Morgan fingerprint density at radius 1 is 1.09 bits per heavy atom. The molecule has 6 atom stereocenters. The lowest BCUT2D eigenvalue weighted by molar-refractivity contribution is -0.0492. The summed E-state index contributed by atoms with van der Waals surface area (Å²) >= 11 is 0. The van der Waals surface area contributed by atoms with Crippen molar-refractivity contribution in [1.29, 1.82) is 0 Å². The first-order chi connectivity index (χ1) is 10.1. The van der Waals surface area contributed by atoms with Crippen LogP contribution in [0.25, 0.3) is 0 Å². The summed E-state index contributed by atoms with van der Waals surface area (Å²) in [5, 5.41) is 21.2. The summed E-state index contributed by atoms with van der Waals surface area (Å²) in [6.07, 6.45) is 10.2. The van der Waals surface area contributed by atoms with Gasteiger partial charge in [0.15, 0.2) is 0 Å². The first kappa shape index (κ1) is 16.3. The second-order valence-corrected chi connectivity index (χ2v) is 9.09. The molecule has 0 aromatic heterocycles. The molecule has 22 heavy (non-hydrogen) atoms. The van der Waals surface area contributed by atoms with Crippen LogP contribution in [-0.2, 0) is 0 Å². The zero-order valence-electron chi connectivity index (χ0n) is 14.8. The van der Waals surface area contributed by atoms with Gasteiger partial charge in [-0.15, -0.1) is 0 Å². The van der Waals surface area contributed by atoms with Gasteiger partial charge >= 0.3 is 0 Å². The molecule has 3 aliphatic rings. The van der Waals surface area contributed by atoms with Gasteiger partial charge in [-0.2, -0.15) is 0 Å². The van der Waals surface area contributed by atoms with Gasteiger partial charge in [0, 0.05) is 5.41 Å². The first-order valence-electron chi connectivity index (χ1n) is 8.91. The molecule has 0 amide bonds. The highest BCUT2D eigenvalue weighted by Crippen LogP contribution is 2.63. The van der Waals surface area contributed by atoms with E-state index in [4.69, 9.17) is 0 Å². The molecular weight excluding hydrogens is 272 g/mol. The van der Waals surface area contributed by atoms with Crippen molar-refractivity contribution in [3.8, 4) is 0 Å². The Balaban J connectivity index is 2.03. The van der Waals surface area contributed by atoms with Gasteiger partial charge < -0.3 is 10.2 Å². The number of hydrogen-bond acceptors (Lipinski definition) is 2. The van der Waals surface area contributed by atoms with E-state index in [-0.39, 0.29) is 16.9 Å². The largest absolute Gasteiger partial charge is 0.388 e. The van der Waals surface area contributed by atoms with E-state index in [0.717, 1.165) is 25.7 Å². The lowest BCUT2D eigenvalue weighted by Crippen LogP contribution is -2.48. The van der Waals surface area contributed by atoms with Crippen LogP contribution < -0.4 is 0 Å². The average molecular weight is 304 g/mol. The van der Waals surface area contributed by atoms with Gasteiger partial charge in [0.1, 0.15) is 0 Å². The Morgan fingerprint density at radius 2 is 1.77 bits per heavy atom. The molecule has 6 unspecified atom stereocenters. The Bertz CT molecular complexity index is 516. The molecular formula is C20H32O2. The van der Waals surface area contributed by atoms with Gasteiger partial charge in [-0.3, -0.25) is 0 Å². The molecule has 0 radical (unpaired) electrons. The SMILES string of the molecule is CC(C)C1=CC(O)C2(C)CCC3(C)C=CC(C)(O)CCC3C12. The van der Waals surface area contributed by atoms with Gasteiger partial charge in [-0.1, -0.05) is 51.5 Å². The second-order valence-electron chi connectivity index (χ2n) is 9.09. The van der Waals surface area contributed by atoms with Gasteiger partial charge in [-0.05, 0) is 55.8 Å². The van der Waals surface area contributed by atoms with Crippen LogP contribution in [-0.4, -0.2) is 21.9 Å². The van der Waals surface area contributed by atoms with Crippen LogP contribution in [0, 0.1) is 28.6 Å². The topological polar surface area (TPSA) is 40.5 Å². The third-order valence-corrected chi connectivity index (χ3v) is 7.00. The van der Waals surface area contributed by atoms with E-state index in [1.807, 2.05) is 13.0 Å². The van der Waals surface area contributed by atoms with E-state index in [2.05, 4.69) is 39.8 Å². The fraction of sp³-hybridized carbons (Fsp3) is 0.800. The van der Waals surface area contributed by atoms with Gasteiger partial charge in [-0.25, -0.2) is 0 Å². The molecule has 0 aromatic rings. The second kappa shape index (κ2) is 4.95. The van der Waals surface area contributed by atoms with Crippen LogP contribution in [0.15, 0.2) is 23.8 Å². The Kier molecular flexibility index (Phi) is 3.66. The van der Waals surface area contributed by atoms with Crippen LogP contribution in [0.2, 0.25) is 0 Å². The van der Waals surface area contributed by atoms with Crippen molar-refractivity contribution < 1.29 is 10.2 Å². The smallest absolute Gasteiger partial charge is 0.0800 e. The molecule has 124 valence electrons. The summed E-state index contributed by atoms with van der Waals surface area (Å²) in [5.41, 5.74) is 0.882. The van der Waals surface area contributed by atoms with E-state index in [0.29, 0.717) is 17.8 Å². The van der Waals surface area contributed by atoms with Crippen molar-refractivity contribution in [3.05, 3.63) is 23.8 Å². The Hall–Kier alpha value is -0.600. The molecule has 0 spiro atoms. The van der Waals surface area contributed by atoms with Gasteiger partial charge in [0.05, 0.1) is 11.7 Å². The summed E-state index contributed by atoms with van der Waals surface area (Å²) < 4.78 is 0. The van der Waals surface area contributed by atoms with Crippen LogP contribution in [0.3, 0.4) is 0 Å². The van der Waals surface area contributed by atoms with E-state index in [1.165, 1.54) is 5.57 Å². The van der Waals surface area contributed by atoms with Crippen LogP contribution in [0.1, 0.15) is 60.3 Å². The Morgan fingerprint density at radius 3 is 2.41 bits per heavy atom. The average Bonchev–Trinajstić information content (AvgIpc) is 2.62. The number of fused-ring (bicyclic) bond motifs is 3. The maximum atomic E-state index is 10.7. The van der Waals surface area contributed by atoms with Crippen LogP contribution >= 0.6 is 0 Å². The number of aliphatic hydroxyl groups excluding tert-OH is 1. The highest BCUT2D eigenvalue weighted by atomic mass is 16.3. The quantitative estimate of drug-likeness (QED) is 0.717. The molecule has 3 rings (SSSR count). The molecule has 2 heteroatoms. The highest BCUT2D eigenvalue weighted by molar-refractivity contribution is 5.30. The van der Waals surface area contributed by atoms with E-state index < -0.39 is 5.60 Å². The van der Waals surface area contributed by atoms with Gasteiger partial charge in [0.25, 0.3) is 0 Å². The molecule has 0 aliphatic heterocycles. The minimum atomic E-state index is -0.685. The fourth-order valence-electron chi connectivity index (χ4n) is 5.30. The number of aliphatic hydroxyl groups is 2. The normalized spacial score (nSPS) is 51.3. The van der Waals surface area contributed by atoms with E-state index in [1.54, 1.807) is 0 Å². The zero-order chi connectivity index (χ0) is 16.3. The summed E-state index contributed by atoms with van der Waals surface area (Å²) in [6.45, 7) is 11.1. The predicted octanol–water partition coefficient (Wildman–Crippen LogP) is 4.08. The number of allylic oxidation sites excluding steroid dienone is 2. The minimum absolute atomic E-state index is 0.0200. The standard InChI is InChI=1S/C20H32O2/c1-13(2)14-12-16(21)20(5)11-9-18(3)8-10-19(4,22)7-6-15(18)17(14)20/h8,10,12-13,15-17,21-22H,6-7,9,11H2,1-5H3. The zero-order valence-corrected chi connectivity index (χ0v) is 14.8. The summed E-state index contributed by atoms with van der Waals surface area (Å²) in [4.78, 5) is 0. The third kappa shape index (κ3) is 2.30. The lowest BCUT2D eigenvalue weighted by atomic mass is 9.51. The molecule has 0 bridgehead atoms. The maximum absolute atomic E-state index is 10.7. The molecule has 0 aromatic carbocycles. The monoisotopic (exact) mass is 304 g/mol. The number of rotatable bonds is 1. The molecule has 0 heterocycles. The first-order valence-corrected chi connectivity index (χ1v) is 8.91. The molecule has 3 aliphatic carbocycles. The molecule has 1 saturated carbocycles. The third-order valence-electron chi connectivity index (χ3n) is 7.00. The van der Waals surface area contributed by atoms with Crippen molar-refractivity contribution in [2.45, 2.75) is 72.0 Å². The molecule has 1 fully saturated rings. The van der Waals surface area contributed by atoms with Crippen molar-refractivity contribution in [1.82, 2.24) is 0 Å². The molecule has 2 nitrogen and oxygen atoms in total. The highest BCUT2D eigenvalue weighted by Gasteiger charge is 2.57. The van der Waals surface area contributed by atoms with E-state index in [9.17, 15) is 10.2 Å². The summed E-state index contributed by atoms with van der Waals surface area (Å²) in [5.74, 6) is 1.44. The van der Waals surface area contributed by atoms with Crippen molar-refractivity contribution in [2.24, 2.45) is 28.6 Å². The van der Waals surface area contributed by atoms with Gasteiger partial charge in [0.2, 0.25) is 0 Å². The summed E-state index contributed by atoms with van der Waals surface area (Å²) in [7, 11) is 0. The molecule has 0 saturated heterocycles. The van der Waals surface area contributed by atoms with Crippen molar-refractivity contribution in [3.63, 3.8) is 0 Å². The van der Waals surface area contributed by atoms with E-state index >= 15 is 0 Å². The number of hydrogen-bond donors (Lipinski definition) is 2. The minimum Gasteiger partial charge on any atom is -0.388 e. The Labute approximate surface area is 135 Å². The van der Waals surface area contributed by atoms with Crippen LogP contribution in [0.5, 0.6) is 0 Å². The predicted molar refractivity (Wildman–Crippen MR) is 90.4 cm³/mol. The summed E-state index contributed by atoms with van der Waals surface area (Å²) in [6, 6.07) is 0. The van der Waals surface area contributed by atoms with Crippen molar-refractivity contribution in [2.75, 3.05) is 0 Å². The molecule has 2 N–H and O–H groups in total. The maximum Gasteiger partial charge on any atom is 0.0800 e. The fourth-order valence-corrected chi connectivity index (χ4v) is 5.30. The lowest BCUT2D eigenvalue weighted by Gasteiger charge is -2.53. The van der Waals surface area contributed by atoms with Crippen molar-refractivity contribution >= 4 is 0 Å².